The zero-order valence-electron chi connectivity index (χ0n) is 9.66. The van der Waals surface area contributed by atoms with Gasteiger partial charge in [0.1, 0.15) is 5.60 Å². The van der Waals surface area contributed by atoms with Gasteiger partial charge >= 0.3 is 0 Å². The minimum Gasteiger partial charge on any atom is -0.384 e. The van der Waals surface area contributed by atoms with Crippen molar-refractivity contribution in [3.8, 4) is 0 Å². The third kappa shape index (κ3) is 2.39. The lowest BCUT2D eigenvalue weighted by Crippen LogP contribution is -2.38. The molecule has 1 aliphatic rings. The molecule has 84 valence electrons. The van der Waals surface area contributed by atoms with Crippen LogP contribution in [0.15, 0.2) is 24.3 Å². The first-order chi connectivity index (χ1) is 7.26. The molecule has 0 aliphatic heterocycles. The van der Waals surface area contributed by atoms with E-state index in [9.17, 15) is 5.11 Å². The van der Waals surface area contributed by atoms with Crippen LogP contribution in [0.2, 0.25) is 0 Å². The van der Waals surface area contributed by atoms with Crippen LogP contribution in [0.25, 0.3) is 0 Å². The Balaban J connectivity index is 0.000000531. The van der Waals surface area contributed by atoms with Gasteiger partial charge in [0.15, 0.2) is 0 Å². The van der Waals surface area contributed by atoms with E-state index in [1.165, 1.54) is 5.56 Å². The number of rotatable bonds is 1. The Hall–Kier alpha value is -0.860. The van der Waals surface area contributed by atoms with Gasteiger partial charge < -0.3 is 10.8 Å². The molecule has 1 atom stereocenters. The molecule has 3 N–H and O–H groups in total. The normalized spacial score (nSPS) is 23.7. The molecule has 2 rings (SSSR count). The first-order valence-electron chi connectivity index (χ1n) is 5.77. The van der Waals surface area contributed by atoms with Crippen molar-refractivity contribution < 1.29 is 5.11 Å². The Morgan fingerprint density at radius 3 is 2.67 bits per heavy atom. The summed E-state index contributed by atoms with van der Waals surface area (Å²) in [5, 5.41) is 10.2. The van der Waals surface area contributed by atoms with Gasteiger partial charge in [0.25, 0.3) is 0 Å². The van der Waals surface area contributed by atoms with E-state index in [4.69, 9.17) is 5.73 Å². The summed E-state index contributed by atoms with van der Waals surface area (Å²) in [7, 11) is 0. The molecule has 2 heteroatoms. The van der Waals surface area contributed by atoms with Gasteiger partial charge in [0.05, 0.1) is 0 Å². The third-order valence-electron chi connectivity index (χ3n) is 2.89. The van der Waals surface area contributed by atoms with Crippen molar-refractivity contribution in [2.45, 2.75) is 38.7 Å². The number of hydrogen-bond donors (Lipinski definition) is 2. The number of nitrogens with two attached hydrogens (primary N) is 1. The summed E-state index contributed by atoms with van der Waals surface area (Å²) in [6, 6.07) is 8.04. The van der Waals surface area contributed by atoms with Crippen LogP contribution < -0.4 is 5.73 Å². The second-order valence-corrected chi connectivity index (χ2v) is 3.75. The van der Waals surface area contributed by atoms with Crippen LogP contribution in [0, 0.1) is 0 Å². The highest BCUT2D eigenvalue weighted by molar-refractivity contribution is 5.34. The molecule has 0 amide bonds. The smallest absolute Gasteiger partial charge is 0.102 e. The Morgan fingerprint density at radius 1 is 1.33 bits per heavy atom. The van der Waals surface area contributed by atoms with Gasteiger partial charge in [-0.05, 0) is 30.4 Å². The van der Waals surface area contributed by atoms with Gasteiger partial charge in [0.2, 0.25) is 0 Å². The topological polar surface area (TPSA) is 46.2 Å². The Bertz CT molecular complexity index is 311. The first-order valence-corrected chi connectivity index (χ1v) is 5.77. The van der Waals surface area contributed by atoms with Crippen molar-refractivity contribution in [3.05, 3.63) is 35.4 Å². The van der Waals surface area contributed by atoms with Crippen LogP contribution in [0.5, 0.6) is 0 Å². The molecule has 0 heterocycles. The van der Waals surface area contributed by atoms with Gasteiger partial charge in [-0.2, -0.15) is 0 Å². The summed E-state index contributed by atoms with van der Waals surface area (Å²) in [4.78, 5) is 0. The van der Waals surface area contributed by atoms with Crippen LogP contribution in [0.3, 0.4) is 0 Å². The summed E-state index contributed by atoms with van der Waals surface area (Å²) >= 11 is 0. The Labute approximate surface area is 92.1 Å². The van der Waals surface area contributed by atoms with Crippen LogP contribution in [0.4, 0.5) is 0 Å². The van der Waals surface area contributed by atoms with Crippen LogP contribution in [0.1, 0.15) is 37.8 Å². The number of aliphatic hydroxyl groups is 1. The molecule has 1 aromatic rings. The maximum absolute atomic E-state index is 10.2. The molecule has 2 nitrogen and oxygen atoms in total. The van der Waals surface area contributed by atoms with E-state index in [0.29, 0.717) is 6.54 Å². The molecule has 1 aromatic carbocycles. The fourth-order valence-electron chi connectivity index (χ4n) is 2.11. The summed E-state index contributed by atoms with van der Waals surface area (Å²) in [5.74, 6) is 0. The number of fused-ring (bicyclic) bond motifs is 1. The van der Waals surface area contributed by atoms with E-state index < -0.39 is 5.60 Å². The van der Waals surface area contributed by atoms with Gasteiger partial charge in [0, 0.05) is 6.54 Å². The maximum Gasteiger partial charge on any atom is 0.102 e. The number of hydrogen-bond acceptors (Lipinski definition) is 2. The summed E-state index contributed by atoms with van der Waals surface area (Å²) < 4.78 is 0. The van der Waals surface area contributed by atoms with Crippen molar-refractivity contribution >= 4 is 0 Å². The SMILES string of the molecule is CC.NCC1(O)CCCc2ccccc21. The molecule has 0 saturated carbocycles. The lowest BCUT2D eigenvalue weighted by atomic mass is 9.79. The zero-order valence-corrected chi connectivity index (χ0v) is 9.66. The fourth-order valence-corrected chi connectivity index (χ4v) is 2.11. The van der Waals surface area contributed by atoms with Crippen molar-refractivity contribution in [1.29, 1.82) is 0 Å². The second-order valence-electron chi connectivity index (χ2n) is 3.75. The molecule has 0 saturated heterocycles. The molecule has 1 unspecified atom stereocenters. The number of benzene rings is 1. The first kappa shape index (κ1) is 12.2. The molecule has 0 spiro atoms. The van der Waals surface area contributed by atoms with E-state index in [0.717, 1.165) is 24.8 Å². The van der Waals surface area contributed by atoms with Gasteiger partial charge in [-0.1, -0.05) is 38.1 Å². The average molecular weight is 207 g/mol. The van der Waals surface area contributed by atoms with Crippen LogP contribution >= 0.6 is 0 Å². The number of aryl methyl sites for hydroxylation is 1. The van der Waals surface area contributed by atoms with Crippen molar-refractivity contribution in [1.82, 2.24) is 0 Å². The minimum absolute atomic E-state index is 0.323. The molecule has 0 fully saturated rings. The van der Waals surface area contributed by atoms with E-state index in [2.05, 4.69) is 6.07 Å². The van der Waals surface area contributed by atoms with E-state index in [-0.39, 0.29) is 0 Å². The van der Waals surface area contributed by atoms with E-state index in [1.54, 1.807) is 0 Å². The molecule has 15 heavy (non-hydrogen) atoms. The second kappa shape index (κ2) is 5.29. The lowest BCUT2D eigenvalue weighted by Gasteiger charge is -2.33. The molecule has 1 aliphatic carbocycles. The molecule has 0 bridgehead atoms. The quantitative estimate of drug-likeness (QED) is 0.741. The van der Waals surface area contributed by atoms with Crippen molar-refractivity contribution in [2.24, 2.45) is 5.73 Å². The third-order valence-corrected chi connectivity index (χ3v) is 2.89. The van der Waals surface area contributed by atoms with Crippen molar-refractivity contribution in [2.75, 3.05) is 6.54 Å². The van der Waals surface area contributed by atoms with Gasteiger partial charge in [-0.15, -0.1) is 0 Å². The molecule has 0 aromatic heterocycles. The summed E-state index contributed by atoms with van der Waals surface area (Å²) in [5.41, 5.74) is 7.12. The lowest BCUT2D eigenvalue weighted by molar-refractivity contribution is 0.0280. The average Bonchev–Trinajstić information content (AvgIpc) is 2.32. The predicted molar refractivity (Wildman–Crippen MR) is 63.7 cm³/mol. The Kier molecular flexibility index (Phi) is 4.30. The van der Waals surface area contributed by atoms with E-state index >= 15 is 0 Å². The summed E-state index contributed by atoms with van der Waals surface area (Å²) in [6.45, 7) is 4.32. The monoisotopic (exact) mass is 207 g/mol. The zero-order chi connectivity index (χ0) is 11.3. The van der Waals surface area contributed by atoms with E-state index in [1.807, 2.05) is 32.0 Å². The highest BCUT2D eigenvalue weighted by Crippen LogP contribution is 2.33. The van der Waals surface area contributed by atoms with Crippen molar-refractivity contribution in [3.63, 3.8) is 0 Å². The minimum atomic E-state index is -0.769. The predicted octanol–water partition coefficient (Wildman–Crippen LogP) is 2.20. The highest BCUT2D eigenvalue weighted by Gasteiger charge is 2.32. The standard InChI is InChI=1S/C11H15NO.C2H6/c12-8-11(13)7-3-5-9-4-1-2-6-10(9)11;1-2/h1-2,4,6,13H,3,5,7-8,12H2;1-2H3. The largest absolute Gasteiger partial charge is 0.384 e. The molecular weight excluding hydrogens is 186 g/mol. The summed E-state index contributed by atoms with van der Waals surface area (Å²) in [6.07, 6.45) is 2.89. The maximum atomic E-state index is 10.2. The fraction of sp³-hybridized carbons (Fsp3) is 0.538. The Morgan fingerprint density at radius 2 is 2.00 bits per heavy atom. The highest BCUT2D eigenvalue weighted by atomic mass is 16.3. The van der Waals surface area contributed by atoms with Crippen LogP contribution in [-0.2, 0) is 12.0 Å². The molecular formula is C13H21NO. The molecule has 0 radical (unpaired) electrons. The van der Waals surface area contributed by atoms with Crippen LogP contribution in [-0.4, -0.2) is 11.7 Å². The van der Waals surface area contributed by atoms with Gasteiger partial charge in [-0.25, -0.2) is 0 Å². The van der Waals surface area contributed by atoms with Gasteiger partial charge in [-0.3, -0.25) is 0 Å².